The summed E-state index contributed by atoms with van der Waals surface area (Å²) in [4.78, 5) is 14.6. The van der Waals surface area contributed by atoms with Crippen LogP contribution in [-0.4, -0.2) is 29.9 Å². The summed E-state index contributed by atoms with van der Waals surface area (Å²) in [6.07, 6.45) is 1.52. The van der Waals surface area contributed by atoms with Crippen molar-refractivity contribution in [1.82, 2.24) is 4.90 Å². The molecule has 0 unspecified atom stereocenters. The number of carbonyl (C=O) groups is 1. The molecule has 1 aromatic carbocycles. The summed E-state index contributed by atoms with van der Waals surface area (Å²) in [7, 11) is 0. The van der Waals surface area contributed by atoms with Gasteiger partial charge in [-0.25, -0.2) is 0 Å². The van der Waals surface area contributed by atoms with Gasteiger partial charge in [-0.2, -0.15) is 0 Å². The fourth-order valence-electron chi connectivity index (χ4n) is 3.12. The van der Waals surface area contributed by atoms with Gasteiger partial charge in [0.2, 0.25) is 0 Å². The number of halogens is 1. The van der Waals surface area contributed by atoms with E-state index in [1.165, 1.54) is 11.1 Å². The van der Waals surface area contributed by atoms with Crippen LogP contribution in [0.5, 0.6) is 0 Å². The molecule has 0 aromatic heterocycles. The van der Waals surface area contributed by atoms with Gasteiger partial charge in [0.05, 0.1) is 6.61 Å². The third-order valence-corrected chi connectivity index (χ3v) is 4.72. The van der Waals surface area contributed by atoms with E-state index < -0.39 is 0 Å². The molecule has 1 saturated heterocycles. The second-order valence-corrected chi connectivity index (χ2v) is 7.48. The van der Waals surface area contributed by atoms with Gasteiger partial charge < -0.3 is 4.74 Å². The predicted molar refractivity (Wildman–Crippen MR) is 83.4 cm³/mol. The van der Waals surface area contributed by atoms with Gasteiger partial charge in [-0.1, -0.05) is 38.4 Å². The monoisotopic (exact) mass is 307 g/mol. The van der Waals surface area contributed by atoms with Crippen LogP contribution < -0.4 is 0 Å². The summed E-state index contributed by atoms with van der Waals surface area (Å²) in [6.45, 7) is 7.51. The third kappa shape index (κ3) is 2.87. The topological polar surface area (TPSA) is 29.5 Å². The molecule has 1 aromatic rings. The number of ketones is 1. The zero-order valence-electron chi connectivity index (χ0n) is 12.9. The minimum atomic E-state index is -0.283. The molecule has 2 aliphatic rings. The second-order valence-electron chi connectivity index (χ2n) is 7.05. The largest absolute Gasteiger partial charge is 0.357 e. The Hall–Kier alpha value is -0.900. The summed E-state index contributed by atoms with van der Waals surface area (Å²) < 4.78 is 5.98. The lowest BCUT2D eigenvalue weighted by Crippen LogP contribution is -2.40. The number of benzene rings is 1. The normalized spacial score (nSPS) is 25.5. The first-order valence-corrected chi connectivity index (χ1v) is 7.93. The molecule has 3 nitrogen and oxygen atoms in total. The van der Waals surface area contributed by atoms with Gasteiger partial charge in [-0.05, 0) is 24.1 Å². The highest BCUT2D eigenvalue weighted by Gasteiger charge is 2.40. The number of fused-ring (bicyclic) bond motifs is 3. The average molecular weight is 308 g/mol. The molecule has 21 heavy (non-hydrogen) atoms. The number of Topliss-reactive ketones (excluding diaryl/α,β-unsaturated/α-hetero) is 1. The van der Waals surface area contributed by atoms with Crippen molar-refractivity contribution in [2.45, 2.75) is 45.9 Å². The van der Waals surface area contributed by atoms with E-state index in [0.29, 0.717) is 18.8 Å². The van der Waals surface area contributed by atoms with Crippen molar-refractivity contribution < 1.29 is 9.53 Å². The number of rotatable bonds is 2. The maximum atomic E-state index is 12.3. The van der Waals surface area contributed by atoms with Gasteiger partial charge in [0.25, 0.3) is 0 Å². The van der Waals surface area contributed by atoms with Crippen molar-refractivity contribution in [1.29, 1.82) is 0 Å². The Morgan fingerprint density at radius 1 is 1.43 bits per heavy atom. The zero-order chi connectivity index (χ0) is 15.2. The number of carbonyl (C=O) groups excluding carboxylic acids is 1. The molecule has 2 heterocycles. The minimum Gasteiger partial charge on any atom is -0.357 e. The van der Waals surface area contributed by atoms with Crippen molar-refractivity contribution in [2.75, 3.05) is 13.2 Å². The lowest BCUT2D eigenvalue weighted by Gasteiger charge is -2.34. The smallest absolute Gasteiger partial charge is 0.139 e. The van der Waals surface area contributed by atoms with Crippen LogP contribution in [0.3, 0.4) is 0 Å². The third-order valence-electron chi connectivity index (χ3n) is 4.49. The minimum absolute atomic E-state index is 0.0368. The summed E-state index contributed by atoms with van der Waals surface area (Å²) in [5, 5.41) is 0.744. The average Bonchev–Trinajstić information content (AvgIpc) is 2.81. The molecule has 4 heteroatoms. The molecule has 0 N–H and O–H groups in total. The summed E-state index contributed by atoms with van der Waals surface area (Å²) in [6, 6.07) is 6.22. The van der Waals surface area contributed by atoms with E-state index >= 15 is 0 Å². The SMILES string of the molecule is CC(C)(C)C(=O)C[C@@H]1CO[C@H]2c3cc(Cl)ccc3CCN12. The van der Waals surface area contributed by atoms with E-state index in [4.69, 9.17) is 16.3 Å². The van der Waals surface area contributed by atoms with Gasteiger partial charge in [0.1, 0.15) is 12.0 Å². The second kappa shape index (κ2) is 5.38. The highest BCUT2D eigenvalue weighted by atomic mass is 35.5. The van der Waals surface area contributed by atoms with Crippen LogP contribution in [0.2, 0.25) is 5.02 Å². The van der Waals surface area contributed by atoms with Crippen molar-refractivity contribution >= 4 is 17.4 Å². The Morgan fingerprint density at radius 2 is 2.19 bits per heavy atom. The Bertz CT molecular complexity index is 564. The standard InChI is InChI=1S/C17H22ClNO2/c1-17(2,3)15(20)9-13-10-21-16-14-8-12(18)5-4-11(14)6-7-19(13)16/h4-5,8,13,16H,6-7,9-10H2,1-3H3/t13-,16+/m1/s1. The van der Waals surface area contributed by atoms with Crippen LogP contribution in [-0.2, 0) is 16.0 Å². The van der Waals surface area contributed by atoms with Crippen LogP contribution in [0.4, 0.5) is 0 Å². The molecule has 0 saturated carbocycles. The first kappa shape index (κ1) is 15.0. The maximum absolute atomic E-state index is 12.3. The molecule has 3 rings (SSSR count). The summed E-state index contributed by atoms with van der Waals surface area (Å²) >= 11 is 6.12. The number of hydrogen-bond donors (Lipinski definition) is 0. The van der Waals surface area contributed by atoms with Gasteiger partial charge in [0, 0.05) is 35.0 Å². The fraction of sp³-hybridized carbons (Fsp3) is 0.588. The molecule has 0 amide bonds. The maximum Gasteiger partial charge on any atom is 0.139 e. The molecule has 114 valence electrons. The van der Waals surface area contributed by atoms with Crippen LogP contribution in [0.1, 0.15) is 44.5 Å². The van der Waals surface area contributed by atoms with Crippen LogP contribution in [0, 0.1) is 5.41 Å². The molecular weight excluding hydrogens is 286 g/mol. The summed E-state index contributed by atoms with van der Waals surface area (Å²) in [5.41, 5.74) is 2.19. The van der Waals surface area contributed by atoms with E-state index in [1.54, 1.807) is 0 Å². The van der Waals surface area contributed by atoms with Crippen molar-refractivity contribution in [3.05, 3.63) is 34.3 Å². The highest BCUT2D eigenvalue weighted by Crippen LogP contribution is 2.39. The lowest BCUT2D eigenvalue weighted by molar-refractivity contribution is -0.127. The fourth-order valence-corrected chi connectivity index (χ4v) is 3.30. The Balaban J connectivity index is 1.79. The molecule has 0 radical (unpaired) electrons. The first-order valence-electron chi connectivity index (χ1n) is 7.55. The van der Waals surface area contributed by atoms with Crippen LogP contribution in [0.25, 0.3) is 0 Å². The summed E-state index contributed by atoms with van der Waals surface area (Å²) in [5.74, 6) is 0.300. The van der Waals surface area contributed by atoms with E-state index in [1.807, 2.05) is 32.9 Å². The molecule has 0 aliphatic carbocycles. The van der Waals surface area contributed by atoms with Crippen LogP contribution in [0.15, 0.2) is 18.2 Å². The molecular formula is C17H22ClNO2. The number of nitrogens with zero attached hydrogens (tertiary/aromatic N) is 1. The van der Waals surface area contributed by atoms with Gasteiger partial charge in [-0.15, -0.1) is 0 Å². The molecule has 0 bridgehead atoms. The Labute approximate surface area is 131 Å². The van der Waals surface area contributed by atoms with E-state index in [2.05, 4.69) is 11.0 Å². The molecule has 1 fully saturated rings. The van der Waals surface area contributed by atoms with Crippen LogP contribution >= 0.6 is 11.6 Å². The Morgan fingerprint density at radius 3 is 2.90 bits per heavy atom. The van der Waals surface area contributed by atoms with Gasteiger partial charge >= 0.3 is 0 Å². The first-order chi connectivity index (χ1) is 9.86. The number of ether oxygens (including phenoxy) is 1. The van der Waals surface area contributed by atoms with Gasteiger partial charge in [-0.3, -0.25) is 9.69 Å². The van der Waals surface area contributed by atoms with Crippen molar-refractivity contribution in [3.8, 4) is 0 Å². The molecule has 2 atom stereocenters. The Kier molecular flexibility index (Phi) is 3.85. The molecule has 2 aliphatic heterocycles. The van der Waals surface area contributed by atoms with E-state index in [-0.39, 0.29) is 17.7 Å². The quantitative estimate of drug-likeness (QED) is 0.836. The van der Waals surface area contributed by atoms with Crippen molar-refractivity contribution in [3.63, 3.8) is 0 Å². The van der Waals surface area contributed by atoms with E-state index in [0.717, 1.165) is 18.0 Å². The molecule has 0 spiro atoms. The highest BCUT2D eigenvalue weighted by molar-refractivity contribution is 6.30. The number of hydrogen-bond acceptors (Lipinski definition) is 3. The zero-order valence-corrected chi connectivity index (χ0v) is 13.6. The van der Waals surface area contributed by atoms with Crippen molar-refractivity contribution in [2.24, 2.45) is 5.41 Å². The lowest BCUT2D eigenvalue weighted by atomic mass is 9.86. The van der Waals surface area contributed by atoms with Gasteiger partial charge in [0.15, 0.2) is 0 Å². The van der Waals surface area contributed by atoms with E-state index in [9.17, 15) is 4.79 Å². The predicted octanol–water partition coefficient (Wildman–Crippen LogP) is 3.60.